The molecule has 4 nitrogen and oxygen atoms in total. The number of benzene rings is 3. The molecule has 29 heavy (non-hydrogen) atoms. The second-order valence-corrected chi connectivity index (χ2v) is 8.46. The van der Waals surface area contributed by atoms with E-state index in [1.165, 1.54) is 0 Å². The Morgan fingerprint density at radius 1 is 0.862 bits per heavy atom. The number of aliphatic hydroxyl groups is 1. The molecule has 2 atom stereocenters. The lowest BCUT2D eigenvalue weighted by atomic mass is 9.47. The summed E-state index contributed by atoms with van der Waals surface area (Å²) in [7, 11) is 0. The van der Waals surface area contributed by atoms with Crippen molar-refractivity contribution in [2.45, 2.75) is 28.7 Å². The zero-order chi connectivity index (χ0) is 20.2. The van der Waals surface area contributed by atoms with Crippen LogP contribution in [0.2, 0.25) is 0 Å². The fourth-order valence-corrected chi connectivity index (χ4v) is 6.37. The van der Waals surface area contributed by atoms with E-state index in [0.29, 0.717) is 0 Å². The largest absolute Gasteiger partial charge is 0.396 e. The first kappa shape index (κ1) is 18.3. The third-order valence-electron chi connectivity index (χ3n) is 6.74. The van der Waals surface area contributed by atoms with Gasteiger partial charge in [-0.25, -0.2) is 0 Å². The monoisotopic (exact) mass is 405 g/mol. The number of fused-ring (bicyclic) bond motifs is 1. The molecule has 0 fully saturated rings. The topological polar surface area (TPSA) is 63.4 Å². The Morgan fingerprint density at radius 2 is 1.34 bits per heavy atom. The quantitative estimate of drug-likeness (QED) is 0.392. The van der Waals surface area contributed by atoms with Crippen LogP contribution in [0.4, 0.5) is 0 Å². The van der Waals surface area contributed by atoms with Gasteiger partial charge in [-0.15, -0.1) is 11.6 Å². The summed E-state index contributed by atoms with van der Waals surface area (Å²) in [5.74, 6) is -0.559. The molecule has 1 N–H and O–H groups in total. The van der Waals surface area contributed by atoms with Gasteiger partial charge in [0, 0.05) is 11.5 Å². The minimum atomic E-state index is -1.05. The number of nitrogens with zero attached hydrogens (tertiary/aromatic N) is 1. The van der Waals surface area contributed by atoms with E-state index in [9.17, 15) is 15.2 Å². The van der Waals surface area contributed by atoms with Crippen LogP contribution >= 0.6 is 11.6 Å². The van der Waals surface area contributed by atoms with Crippen molar-refractivity contribution in [2.75, 3.05) is 6.61 Å². The van der Waals surface area contributed by atoms with Gasteiger partial charge in [-0.05, 0) is 34.2 Å². The number of rotatable bonds is 4. The molecule has 0 spiro atoms. The fraction of sp³-hybridized carbons (Fsp3) is 0.250. The highest BCUT2D eigenvalue weighted by Crippen LogP contribution is 2.67. The summed E-state index contributed by atoms with van der Waals surface area (Å²) in [5.41, 5.74) is 3.42. The minimum Gasteiger partial charge on any atom is -0.396 e. The maximum absolute atomic E-state index is 12.6. The lowest BCUT2D eigenvalue weighted by Gasteiger charge is -2.57. The third kappa shape index (κ3) is 2.19. The van der Waals surface area contributed by atoms with E-state index in [2.05, 4.69) is 0 Å². The average Bonchev–Trinajstić information content (AvgIpc) is 2.75. The van der Waals surface area contributed by atoms with Gasteiger partial charge in [0.05, 0.1) is 11.3 Å². The molecule has 6 rings (SSSR count). The number of nitro groups is 1. The summed E-state index contributed by atoms with van der Waals surface area (Å²) < 4.78 is 0. The van der Waals surface area contributed by atoms with E-state index in [1.54, 1.807) is 0 Å². The van der Waals surface area contributed by atoms with Crippen LogP contribution in [0.5, 0.6) is 0 Å². The van der Waals surface area contributed by atoms with Crippen molar-refractivity contribution in [1.82, 2.24) is 0 Å². The van der Waals surface area contributed by atoms with E-state index in [0.717, 1.165) is 27.8 Å². The molecule has 0 saturated heterocycles. The standard InChI is InChI=1S/C24H20ClNO3/c25-24-19-12-6-4-10-17(19)23(14-15-27,18-11-5-7-13-20(18)24)22(26(28)29)21(24)16-8-2-1-3-9-16/h1-13,21-22,27H,14-15H2. The van der Waals surface area contributed by atoms with Gasteiger partial charge in [0.1, 0.15) is 4.87 Å². The zero-order valence-electron chi connectivity index (χ0n) is 15.7. The van der Waals surface area contributed by atoms with Crippen molar-refractivity contribution in [3.8, 4) is 0 Å². The third-order valence-corrected chi connectivity index (χ3v) is 7.38. The number of aliphatic hydroxyl groups excluding tert-OH is 1. The molecule has 3 aliphatic rings. The number of halogens is 1. The maximum atomic E-state index is 12.6. The second kappa shape index (κ2) is 6.41. The highest BCUT2D eigenvalue weighted by Gasteiger charge is 2.70. The normalized spacial score (nSPS) is 29.2. The average molecular weight is 406 g/mol. The van der Waals surface area contributed by atoms with E-state index >= 15 is 0 Å². The Bertz CT molecular complexity index is 1050. The van der Waals surface area contributed by atoms with Crippen LogP contribution in [0.1, 0.15) is 40.2 Å². The number of alkyl halides is 1. The highest BCUT2D eigenvalue weighted by atomic mass is 35.5. The Labute approximate surface area is 173 Å². The molecule has 0 aromatic heterocycles. The molecular weight excluding hydrogens is 386 g/mol. The molecule has 3 aromatic carbocycles. The molecule has 146 valence electrons. The van der Waals surface area contributed by atoms with Gasteiger partial charge in [0.15, 0.2) is 0 Å². The van der Waals surface area contributed by atoms with Crippen LogP contribution in [0.15, 0.2) is 78.9 Å². The summed E-state index contributed by atoms with van der Waals surface area (Å²) in [6, 6.07) is 24.1. The minimum absolute atomic E-state index is 0.149. The first-order valence-corrected chi connectivity index (χ1v) is 10.1. The van der Waals surface area contributed by atoms with Crippen molar-refractivity contribution in [2.24, 2.45) is 0 Å². The van der Waals surface area contributed by atoms with Crippen molar-refractivity contribution >= 4 is 11.6 Å². The lowest BCUT2D eigenvalue weighted by Crippen LogP contribution is -2.63. The lowest BCUT2D eigenvalue weighted by molar-refractivity contribution is -0.541. The number of hydrogen-bond donors (Lipinski definition) is 1. The van der Waals surface area contributed by atoms with Gasteiger partial charge in [0.2, 0.25) is 6.04 Å². The van der Waals surface area contributed by atoms with Gasteiger partial charge in [-0.1, -0.05) is 78.9 Å². The molecule has 2 unspecified atom stereocenters. The number of hydrogen-bond acceptors (Lipinski definition) is 3. The van der Waals surface area contributed by atoms with Crippen molar-refractivity contribution in [1.29, 1.82) is 0 Å². The van der Waals surface area contributed by atoms with E-state index < -0.39 is 22.2 Å². The summed E-state index contributed by atoms with van der Waals surface area (Å²) in [4.78, 5) is 11.4. The summed E-state index contributed by atoms with van der Waals surface area (Å²) in [5, 5.41) is 22.7. The smallest absolute Gasteiger partial charge is 0.235 e. The van der Waals surface area contributed by atoms with Gasteiger partial charge in [-0.3, -0.25) is 10.1 Å². The van der Waals surface area contributed by atoms with E-state index in [4.69, 9.17) is 11.6 Å². The van der Waals surface area contributed by atoms with Crippen molar-refractivity contribution < 1.29 is 10.0 Å². The van der Waals surface area contributed by atoms with E-state index in [-0.39, 0.29) is 18.0 Å². The Morgan fingerprint density at radius 3 is 1.83 bits per heavy atom. The Hall–Kier alpha value is -2.69. The predicted molar refractivity (Wildman–Crippen MR) is 112 cm³/mol. The molecule has 2 bridgehead atoms. The SMILES string of the molecule is O=[N+]([O-])C1C(c2ccccc2)C2(Cl)c3ccccc3C1(CCO)c1ccccc12. The van der Waals surface area contributed by atoms with Gasteiger partial charge >= 0.3 is 0 Å². The maximum Gasteiger partial charge on any atom is 0.235 e. The molecule has 0 radical (unpaired) electrons. The zero-order valence-corrected chi connectivity index (χ0v) is 16.4. The van der Waals surface area contributed by atoms with Crippen LogP contribution in [-0.2, 0) is 10.3 Å². The van der Waals surface area contributed by atoms with Crippen LogP contribution < -0.4 is 0 Å². The Balaban J connectivity index is 1.96. The summed E-state index contributed by atoms with van der Waals surface area (Å²) in [6.07, 6.45) is 0.267. The first-order valence-electron chi connectivity index (χ1n) is 9.75. The molecule has 5 heteroatoms. The van der Waals surface area contributed by atoms with Crippen molar-refractivity contribution in [3.63, 3.8) is 0 Å². The van der Waals surface area contributed by atoms with Crippen LogP contribution in [-0.4, -0.2) is 22.7 Å². The molecule has 0 heterocycles. The first-order chi connectivity index (χ1) is 14.1. The summed E-state index contributed by atoms with van der Waals surface area (Å²) >= 11 is 7.49. The van der Waals surface area contributed by atoms with Gasteiger partial charge in [0.25, 0.3) is 0 Å². The molecule has 0 saturated carbocycles. The molecule has 3 aromatic rings. The van der Waals surface area contributed by atoms with Gasteiger partial charge < -0.3 is 5.11 Å². The molecule has 0 amide bonds. The van der Waals surface area contributed by atoms with Crippen LogP contribution in [0.25, 0.3) is 0 Å². The van der Waals surface area contributed by atoms with Crippen LogP contribution in [0.3, 0.4) is 0 Å². The molecular formula is C24H20ClNO3. The van der Waals surface area contributed by atoms with Crippen molar-refractivity contribution in [3.05, 3.63) is 117 Å². The summed E-state index contributed by atoms with van der Waals surface area (Å²) in [6.45, 7) is -0.149. The van der Waals surface area contributed by atoms with Crippen LogP contribution in [0, 0.1) is 10.1 Å². The fourth-order valence-electron chi connectivity index (χ4n) is 5.79. The van der Waals surface area contributed by atoms with E-state index in [1.807, 2.05) is 78.9 Å². The van der Waals surface area contributed by atoms with Gasteiger partial charge in [-0.2, -0.15) is 0 Å². The highest BCUT2D eigenvalue weighted by molar-refractivity contribution is 6.27. The molecule has 0 aliphatic heterocycles. The molecule has 3 aliphatic carbocycles. The Kier molecular flexibility index (Phi) is 4.05. The second-order valence-electron chi connectivity index (χ2n) is 7.87. The predicted octanol–water partition coefficient (Wildman–Crippen LogP) is 4.59.